The summed E-state index contributed by atoms with van der Waals surface area (Å²) in [5.41, 5.74) is 0.334. The normalized spacial score (nSPS) is 10.7. The highest BCUT2D eigenvalue weighted by Gasteiger charge is 2.17. The van der Waals surface area contributed by atoms with E-state index in [1.807, 2.05) is 0 Å². The van der Waals surface area contributed by atoms with Gasteiger partial charge in [0, 0.05) is 12.7 Å². The smallest absolute Gasteiger partial charge is 0.261 e. The van der Waals surface area contributed by atoms with E-state index in [0.29, 0.717) is 0 Å². The minimum atomic E-state index is -3.88. The van der Waals surface area contributed by atoms with E-state index in [1.54, 1.807) is 25.2 Å². The van der Waals surface area contributed by atoms with Gasteiger partial charge in [0.15, 0.2) is 0 Å². The number of anilines is 2. The van der Waals surface area contributed by atoms with Crippen molar-refractivity contribution in [2.24, 2.45) is 0 Å². The molecule has 0 aliphatic heterocycles. The van der Waals surface area contributed by atoms with Gasteiger partial charge in [-0.1, -0.05) is 6.07 Å². The van der Waals surface area contributed by atoms with E-state index < -0.39 is 15.8 Å². The fraction of sp³-hybridized carbons (Fsp3) is 0.0714. The summed E-state index contributed by atoms with van der Waals surface area (Å²) < 4.78 is 40.1. The first-order valence-corrected chi connectivity index (χ1v) is 7.45. The number of hydrogen-bond donors (Lipinski definition) is 2. The molecule has 0 spiro atoms. The zero-order valence-electron chi connectivity index (χ0n) is 11.1. The van der Waals surface area contributed by atoms with Crippen LogP contribution in [0.25, 0.3) is 0 Å². The standard InChI is InChI=1S/C14H12FN3O2S/c1-17-10-5-7-11(8-6-10)21(19,20)18-14-4-2-3-13(15)12(14)9-16/h2-8,17-18H,1H3. The highest BCUT2D eigenvalue weighted by atomic mass is 32.2. The lowest BCUT2D eigenvalue weighted by Gasteiger charge is -2.10. The molecule has 0 heterocycles. The Morgan fingerprint density at radius 1 is 1.14 bits per heavy atom. The first-order valence-electron chi connectivity index (χ1n) is 5.97. The molecule has 0 saturated heterocycles. The highest BCUT2D eigenvalue weighted by molar-refractivity contribution is 7.92. The van der Waals surface area contributed by atoms with E-state index >= 15 is 0 Å². The number of nitrogens with one attached hydrogen (secondary N) is 2. The van der Waals surface area contributed by atoms with E-state index in [2.05, 4.69) is 10.0 Å². The lowest BCUT2D eigenvalue weighted by Crippen LogP contribution is -2.14. The summed E-state index contributed by atoms with van der Waals surface area (Å²) in [6.45, 7) is 0. The molecule has 2 rings (SSSR count). The van der Waals surface area contributed by atoms with Gasteiger partial charge in [0.25, 0.3) is 10.0 Å². The number of benzene rings is 2. The second-order valence-electron chi connectivity index (χ2n) is 4.15. The van der Waals surface area contributed by atoms with Crippen LogP contribution >= 0.6 is 0 Å². The predicted octanol–water partition coefficient (Wildman–Crippen LogP) is 2.54. The lowest BCUT2D eigenvalue weighted by molar-refractivity contribution is 0.601. The number of rotatable bonds is 4. The van der Waals surface area contributed by atoms with Crippen molar-refractivity contribution in [3.8, 4) is 6.07 Å². The molecule has 108 valence electrons. The number of hydrogen-bond acceptors (Lipinski definition) is 4. The van der Waals surface area contributed by atoms with Crippen molar-refractivity contribution in [1.82, 2.24) is 0 Å². The average molecular weight is 305 g/mol. The van der Waals surface area contributed by atoms with Gasteiger partial charge in [-0.05, 0) is 36.4 Å². The average Bonchev–Trinajstić information content (AvgIpc) is 2.47. The highest BCUT2D eigenvalue weighted by Crippen LogP contribution is 2.22. The summed E-state index contributed by atoms with van der Waals surface area (Å²) in [6, 6.07) is 11.4. The van der Waals surface area contributed by atoms with E-state index in [4.69, 9.17) is 5.26 Å². The molecule has 0 unspecified atom stereocenters. The van der Waals surface area contributed by atoms with E-state index in [0.717, 1.165) is 11.8 Å². The van der Waals surface area contributed by atoms with E-state index in [-0.39, 0.29) is 16.1 Å². The molecule has 0 fully saturated rings. The van der Waals surface area contributed by atoms with Crippen molar-refractivity contribution in [2.45, 2.75) is 4.90 Å². The zero-order chi connectivity index (χ0) is 15.5. The van der Waals surface area contributed by atoms with Gasteiger partial charge in [-0.3, -0.25) is 4.72 Å². The molecule has 7 heteroatoms. The van der Waals surface area contributed by atoms with Crippen molar-refractivity contribution in [3.05, 3.63) is 53.8 Å². The molecule has 0 amide bonds. The third-order valence-electron chi connectivity index (χ3n) is 2.82. The minimum Gasteiger partial charge on any atom is -0.388 e. The summed E-state index contributed by atoms with van der Waals surface area (Å²) in [6.07, 6.45) is 0. The molecule has 0 bridgehead atoms. The molecule has 0 saturated carbocycles. The van der Waals surface area contributed by atoms with Crippen LogP contribution in [0.3, 0.4) is 0 Å². The molecular weight excluding hydrogens is 293 g/mol. The number of nitriles is 1. The summed E-state index contributed by atoms with van der Waals surface area (Å²) in [5, 5.41) is 11.8. The number of sulfonamides is 1. The molecule has 0 aromatic heterocycles. The molecule has 2 aromatic rings. The van der Waals surface area contributed by atoms with Crippen LogP contribution in [0.1, 0.15) is 5.56 Å². The maximum absolute atomic E-state index is 13.5. The van der Waals surface area contributed by atoms with Crippen molar-refractivity contribution in [2.75, 3.05) is 17.1 Å². The lowest BCUT2D eigenvalue weighted by atomic mass is 10.2. The van der Waals surface area contributed by atoms with Gasteiger partial charge in [0.2, 0.25) is 0 Å². The van der Waals surface area contributed by atoms with Crippen LogP contribution in [-0.2, 0) is 10.0 Å². The second-order valence-corrected chi connectivity index (χ2v) is 5.84. The maximum atomic E-state index is 13.5. The predicted molar refractivity (Wildman–Crippen MR) is 77.9 cm³/mol. The van der Waals surface area contributed by atoms with Crippen LogP contribution in [0.5, 0.6) is 0 Å². The van der Waals surface area contributed by atoms with Gasteiger partial charge >= 0.3 is 0 Å². The first-order chi connectivity index (χ1) is 9.97. The summed E-state index contributed by atoms with van der Waals surface area (Å²) >= 11 is 0. The molecule has 2 N–H and O–H groups in total. The first kappa shape index (κ1) is 14.8. The van der Waals surface area contributed by atoms with Crippen LogP contribution in [0, 0.1) is 17.1 Å². The zero-order valence-corrected chi connectivity index (χ0v) is 11.9. The van der Waals surface area contributed by atoms with Crippen LogP contribution < -0.4 is 10.0 Å². The van der Waals surface area contributed by atoms with Gasteiger partial charge in [-0.15, -0.1) is 0 Å². The Bertz CT molecular complexity index is 796. The van der Waals surface area contributed by atoms with Crippen molar-refractivity contribution >= 4 is 21.4 Å². The van der Waals surface area contributed by atoms with Gasteiger partial charge in [-0.2, -0.15) is 5.26 Å². The maximum Gasteiger partial charge on any atom is 0.261 e. The summed E-state index contributed by atoms with van der Waals surface area (Å²) in [4.78, 5) is 0.0228. The third kappa shape index (κ3) is 3.12. The largest absolute Gasteiger partial charge is 0.388 e. The molecular formula is C14H12FN3O2S. The summed E-state index contributed by atoms with van der Waals surface area (Å²) in [5.74, 6) is -0.775. The molecule has 21 heavy (non-hydrogen) atoms. The fourth-order valence-electron chi connectivity index (χ4n) is 1.73. The monoisotopic (exact) mass is 305 g/mol. The van der Waals surface area contributed by atoms with Gasteiger partial charge in [0.05, 0.1) is 10.6 Å². The van der Waals surface area contributed by atoms with Gasteiger partial charge < -0.3 is 5.32 Å². The Balaban J connectivity index is 2.38. The topological polar surface area (TPSA) is 82.0 Å². The Morgan fingerprint density at radius 2 is 1.81 bits per heavy atom. The molecule has 2 aromatic carbocycles. The summed E-state index contributed by atoms with van der Waals surface area (Å²) in [7, 11) is -2.17. The van der Waals surface area contributed by atoms with Crippen LogP contribution in [0.4, 0.5) is 15.8 Å². The van der Waals surface area contributed by atoms with E-state index in [9.17, 15) is 12.8 Å². The Kier molecular flexibility index (Phi) is 4.10. The van der Waals surface area contributed by atoms with Crippen LogP contribution in [-0.4, -0.2) is 15.5 Å². The quantitative estimate of drug-likeness (QED) is 0.909. The number of nitrogens with zero attached hydrogens (tertiary/aromatic N) is 1. The SMILES string of the molecule is CNc1ccc(S(=O)(=O)Nc2cccc(F)c2C#N)cc1. The van der Waals surface area contributed by atoms with Gasteiger partial charge in [-0.25, -0.2) is 12.8 Å². The van der Waals surface area contributed by atoms with Crippen molar-refractivity contribution < 1.29 is 12.8 Å². The Hall–Kier alpha value is -2.59. The fourth-order valence-corrected chi connectivity index (χ4v) is 2.80. The van der Waals surface area contributed by atoms with Gasteiger partial charge in [0.1, 0.15) is 17.4 Å². The molecule has 0 aliphatic rings. The number of halogens is 1. The molecule has 0 radical (unpaired) electrons. The molecule has 0 atom stereocenters. The molecule has 5 nitrogen and oxygen atoms in total. The van der Waals surface area contributed by atoms with Crippen molar-refractivity contribution in [3.63, 3.8) is 0 Å². The van der Waals surface area contributed by atoms with Crippen molar-refractivity contribution in [1.29, 1.82) is 5.26 Å². The Morgan fingerprint density at radius 3 is 2.38 bits per heavy atom. The van der Waals surface area contributed by atoms with E-state index in [1.165, 1.54) is 24.3 Å². The molecule has 0 aliphatic carbocycles. The third-order valence-corrected chi connectivity index (χ3v) is 4.20. The van der Waals surface area contributed by atoms with Crippen LogP contribution in [0.2, 0.25) is 0 Å². The van der Waals surface area contributed by atoms with Crippen LogP contribution in [0.15, 0.2) is 47.4 Å². The minimum absolute atomic E-state index is 0.0228. The Labute approximate surface area is 122 Å². The second kappa shape index (κ2) is 5.81.